The predicted octanol–water partition coefficient (Wildman–Crippen LogP) is 4.47. The summed E-state index contributed by atoms with van der Waals surface area (Å²) in [6.45, 7) is 1.71. The fourth-order valence-corrected chi connectivity index (χ4v) is 4.02. The number of alkyl halides is 2. The van der Waals surface area contributed by atoms with Crippen LogP contribution in [-0.4, -0.2) is 64.1 Å². The van der Waals surface area contributed by atoms with Gasteiger partial charge in [-0.2, -0.15) is 0 Å². The maximum Gasteiger partial charge on any atom is 0.411 e. The van der Waals surface area contributed by atoms with Crippen LogP contribution in [0.1, 0.15) is 18.4 Å². The van der Waals surface area contributed by atoms with Gasteiger partial charge in [0.15, 0.2) is 0 Å². The van der Waals surface area contributed by atoms with Gasteiger partial charge in [-0.05, 0) is 48.4 Å². The summed E-state index contributed by atoms with van der Waals surface area (Å²) in [5.74, 6) is -2.49. The maximum absolute atomic E-state index is 12.2. The number of amides is 3. The molecule has 0 saturated carbocycles. The molecule has 1 atom stereocenters. The van der Waals surface area contributed by atoms with E-state index in [4.69, 9.17) is 14.9 Å². The van der Waals surface area contributed by atoms with Gasteiger partial charge in [0.1, 0.15) is 12.6 Å². The Labute approximate surface area is 230 Å². The summed E-state index contributed by atoms with van der Waals surface area (Å²) in [5, 5.41) is 26.9. The Bertz CT molecular complexity index is 1050. The van der Waals surface area contributed by atoms with Gasteiger partial charge in [-0.15, -0.1) is 0 Å². The van der Waals surface area contributed by atoms with Gasteiger partial charge in [-0.25, -0.2) is 14.4 Å². The van der Waals surface area contributed by atoms with Crippen LogP contribution in [-0.2, 0) is 20.9 Å². The third kappa shape index (κ3) is 11.1. The van der Waals surface area contributed by atoms with Crippen LogP contribution in [0.25, 0.3) is 0 Å². The third-order valence-electron chi connectivity index (χ3n) is 5.02. The number of carboxylic acid groups (broad SMARTS) is 2. The minimum absolute atomic E-state index is 0.00303. The smallest absolute Gasteiger partial charge is 0.411 e. The molecule has 0 aliphatic rings. The number of nitrogens with one attached hydrogen (secondary N) is 3. The molecule has 0 spiro atoms. The quantitative estimate of drug-likeness (QED) is 0.189. The normalized spacial score (nSPS) is 11.2. The van der Waals surface area contributed by atoms with Gasteiger partial charge in [-0.1, -0.05) is 44.0 Å². The molecule has 3 amide bonds. The largest absolute Gasteiger partial charge is 0.481 e. The number of carbonyl (C=O) groups excluding carboxylic acids is 2. The number of benzene rings is 2. The second kappa shape index (κ2) is 15.7. The lowest BCUT2D eigenvalue weighted by atomic mass is 10.1. The number of nitrogens with zero attached hydrogens (tertiary/aromatic N) is 1. The Kier molecular flexibility index (Phi) is 12.7. The molecule has 2 aromatic carbocycles. The summed E-state index contributed by atoms with van der Waals surface area (Å²) in [6.07, 6.45) is -1.25. The van der Waals surface area contributed by atoms with Crippen LogP contribution in [0.2, 0.25) is 0 Å². The van der Waals surface area contributed by atoms with Crippen LogP contribution < -0.4 is 20.9 Å². The van der Waals surface area contributed by atoms with E-state index in [1.54, 1.807) is 36.4 Å². The molecule has 2 aromatic rings. The SMILES string of the molecule is O=C(O)CC[C@H](NC(=O)Nc1ccc(COC(=O)Nc2ccc(N(CCBr)CCBr)cc2)cc1)C(=O)O. The average Bonchev–Trinajstić information content (AvgIpc) is 2.86. The molecule has 13 heteroatoms. The molecule has 0 bridgehead atoms. The summed E-state index contributed by atoms with van der Waals surface area (Å²) in [5.41, 5.74) is 2.68. The van der Waals surface area contributed by atoms with Gasteiger partial charge in [0.05, 0.1) is 0 Å². The lowest BCUT2D eigenvalue weighted by Crippen LogP contribution is -2.43. The van der Waals surface area contributed by atoms with Crippen molar-refractivity contribution in [3.8, 4) is 0 Å². The van der Waals surface area contributed by atoms with E-state index >= 15 is 0 Å². The summed E-state index contributed by atoms with van der Waals surface area (Å²) in [4.78, 5) is 48.3. The van der Waals surface area contributed by atoms with E-state index in [2.05, 4.69) is 52.7 Å². The molecule has 2 rings (SSSR count). The average molecular weight is 644 g/mol. The molecular formula is C24H28Br2N4O7. The van der Waals surface area contributed by atoms with Crippen LogP contribution in [0.15, 0.2) is 48.5 Å². The number of ether oxygens (including phenoxy) is 1. The number of hydrogen-bond donors (Lipinski definition) is 5. The molecule has 5 N–H and O–H groups in total. The van der Waals surface area contributed by atoms with Gasteiger partial charge < -0.3 is 30.5 Å². The van der Waals surface area contributed by atoms with Crippen LogP contribution >= 0.6 is 31.9 Å². The first kappa shape index (κ1) is 29.9. The highest BCUT2D eigenvalue weighted by Gasteiger charge is 2.21. The number of hydrogen-bond acceptors (Lipinski definition) is 6. The molecule has 0 heterocycles. The van der Waals surface area contributed by atoms with Crippen LogP contribution in [0.4, 0.5) is 26.7 Å². The minimum Gasteiger partial charge on any atom is -0.481 e. The zero-order valence-corrected chi connectivity index (χ0v) is 23.0. The van der Waals surface area contributed by atoms with E-state index in [1.807, 2.05) is 12.1 Å². The van der Waals surface area contributed by atoms with E-state index in [1.165, 1.54) is 0 Å². The van der Waals surface area contributed by atoms with Crippen molar-refractivity contribution < 1.29 is 34.1 Å². The molecule has 11 nitrogen and oxygen atoms in total. The Morgan fingerprint density at radius 1 is 0.865 bits per heavy atom. The number of carboxylic acids is 2. The Balaban J connectivity index is 1.81. The van der Waals surface area contributed by atoms with Gasteiger partial charge in [0.25, 0.3) is 0 Å². The third-order valence-corrected chi connectivity index (χ3v) is 5.73. The van der Waals surface area contributed by atoms with Crippen molar-refractivity contribution in [3.05, 3.63) is 54.1 Å². The van der Waals surface area contributed by atoms with Gasteiger partial charge in [0.2, 0.25) is 0 Å². The number of anilines is 3. The van der Waals surface area contributed by atoms with Gasteiger partial charge in [0, 0.05) is 47.2 Å². The number of carbonyl (C=O) groups is 4. The molecule has 0 fully saturated rings. The highest BCUT2D eigenvalue weighted by atomic mass is 79.9. The molecule has 0 saturated heterocycles. The first-order valence-corrected chi connectivity index (χ1v) is 13.5. The van der Waals surface area contributed by atoms with E-state index in [-0.39, 0.29) is 13.0 Å². The molecule has 0 aromatic heterocycles. The van der Waals surface area contributed by atoms with Crippen molar-refractivity contribution in [1.29, 1.82) is 0 Å². The van der Waals surface area contributed by atoms with Crippen molar-refractivity contribution in [2.45, 2.75) is 25.5 Å². The molecule has 0 aliphatic heterocycles. The molecule has 0 radical (unpaired) electrons. The summed E-state index contributed by atoms with van der Waals surface area (Å²) >= 11 is 6.90. The van der Waals surface area contributed by atoms with E-state index in [0.29, 0.717) is 16.9 Å². The molecule has 37 heavy (non-hydrogen) atoms. The monoisotopic (exact) mass is 642 g/mol. The van der Waals surface area contributed by atoms with Gasteiger partial charge in [-0.3, -0.25) is 10.1 Å². The zero-order valence-electron chi connectivity index (χ0n) is 19.8. The van der Waals surface area contributed by atoms with Crippen LogP contribution in [0.5, 0.6) is 0 Å². The highest BCUT2D eigenvalue weighted by molar-refractivity contribution is 9.09. The maximum atomic E-state index is 12.2. The topological polar surface area (TPSA) is 157 Å². The van der Waals surface area contributed by atoms with E-state index in [0.717, 1.165) is 29.4 Å². The molecule has 0 unspecified atom stereocenters. The predicted molar refractivity (Wildman–Crippen MR) is 147 cm³/mol. The standard InChI is InChI=1S/C24H28Br2N4O7/c25-11-13-30(14-12-26)19-7-5-18(6-8-19)28-24(36)37-15-16-1-3-17(4-2-16)27-23(35)29-20(22(33)34)9-10-21(31)32/h1-8,20H,9-15H2,(H,28,36)(H,31,32)(H,33,34)(H2,27,29,35)/t20-/m0/s1. The van der Waals surface area contributed by atoms with Crippen molar-refractivity contribution in [3.63, 3.8) is 0 Å². The number of urea groups is 1. The Morgan fingerprint density at radius 3 is 1.97 bits per heavy atom. The summed E-state index contributed by atoms with van der Waals surface area (Å²) < 4.78 is 5.25. The van der Waals surface area contributed by atoms with Crippen molar-refractivity contribution in [2.75, 3.05) is 39.3 Å². The van der Waals surface area contributed by atoms with Crippen molar-refractivity contribution in [2.24, 2.45) is 0 Å². The number of halogens is 2. The molecule has 200 valence electrons. The number of rotatable bonds is 14. The Hall–Kier alpha value is -3.32. The van der Waals surface area contributed by atoms with E-state index < -0.39 is 36.5 Å². The second-order valence-electron chi connectivity index (χ2n) is 7.73. The zero-order chi connectivity index (χ0) is 27.2. The van der Waals surface area contributed by atoms with Gasteiger partial charge >= 0.3 is 24.1 Å². The molecule has 0 aliphatic carbocycles. The minimum atomic E-state index is -1.33. The van der Waals surface area contributed by atoms with Crippen LogP contribution in [0.3, 0.4) is 0 Å². The van der Waals surface area contributed by atoms with Crippen molar-refractivity contribution >= 4 is 73.0 Å². The van der Waals surface area contributed by atoms with Crippen LogP contribution in [0, 0.1) is 0 Å². The first-order valence-electron chi connectivity index (χ1n) is 11.2. The van der Waals surface area contributed by atoms with Crippen molar-refractivity contribution in [1.82, 2.24) is 5.32 Å². The second-order valence-corrected chi connectivity index (χ2v) is 9.32. The molecular weight excluding hydrogens is 616 g/mol. The number of aliphatic carboxylic acids is 2. The van der Waals surface area contributed by atoms with E-state index in [9.17, 15) is 19.2 Å². The fourth-order valence-electron chi connectivity index (χ4n) is 3.17. The summed E-state index contributed by atoms with van der Waals surface area (Å²) in [7, 11) is 0. The first-order chi connectivity index (χ1) is 17.7. The lowest BCUT2D eigenvalue weighted by Gasteiger charge is -2.23. The lowest BCUT2D eigenvalue weighted by molar-refractivity contribution is -0.140. The highest BCUT2D eigenvalue weighted by Crippen LogP contribution is 2.19. The fraction of sp³-hybridized carbons (Fsp3) is 0.333. The summed E-state index contributed by atoms with van der Waals surface area (Å²) in [6, 6.07) is 11.7. The Morgan fingerprint density at radius 2 is 1.43 bits per heavy atom.